The minimum Gasteiger partial charge on any atom is -0.310 e. The second kappa shape index (κ2) is 10.7. The Labute approximate surface area is 287 Å². The van der Waals surface area contributed by atoms with Crippen LogP contribution in [0.25, 0.3) is 55.5 Å². The van der Waals surface area contributed by atoms with Crippen LogP contribution in [0.2, 0.25) is 0 Å². The second-order valence-electron chi connectivity index (χ2n) is 14.3. The van der Waals surface area contributed by atoms with Crippen LogP contribution in [0.15, 0.2) is 145 Å². The average molecular weight is 631 g/mol. The van der Waals surface area contributed by atoms with Gasteiger partial charge in [-0.15, -0.1) is 0 Å². The molecule has 0 saturated heterocycles. The van der Waals surface area contributed by atoms with Gasteiger partial charge in [0.25, 0.3) is 0 Å². The van der Waals surface area contributed by atoms with Crippen molar-refractivity contribution < 1.29 is 0 Å². The van der Waals surface area contributed by atoms with E-state index < -0.39 is 0 Å². The Balaban J connectivity index is 1.20. The van der Waals surface area contributed by atoms with E-state index in [1.165, 1.54) is 88.7 Å². The van der Waals surface area contributed by atoms with E-state index in [2.05, 4.69) is 169 Å². The number of anilines is 2. The van der Waals surface area contributed by atoms with Crippen LogP contribution in [0.4, 0.5) is 11.4 Å². The van der Waals surface area contributed by atoms with E-state index in [-0.39, 0.29) is 5.41 Å². The fraction of sp³-hybridized carbons (Fsp3) is 0.149. The predicted octanol–water partition coefficient (Wildman–Crippen LogP) is 12.6. The van der Waals surface area contributed by atoms with Gasteiger partial charge in [-0.05, 0) is 107 Å². The van der Waals surface area contributed by atoms with Gasteiger partial charge in [-0.1, -0.05) is 117 Å². The van der Waals surface area contributed by atoms with Crippen LogP contribution in [-0.2, 0) is 11.8 Å². The number of hydrogen-bond acceptors (Lipinski definition) is 1. The number of allylic oxidation sites excluding steroid dienone is 4. The zero-order valence-corrected chi connectivity index (χ0v) is 28.1. The van der Waals surface area contributed by atoms with Gasteiger partial charge < -0.3 is 9.47 Å². The van der Waals surface area contributed by atoms with E-state index in [9.17, 15) is 0 Å². The summed E-state index contributed by atoms with van der Waals surface area (Å²) in [5.41, 5.74) is 15.8. The predicted molar refractivity (Wildman–Crippen MR) is 208 cm³/mol. The minimum atomic E-state index is -0.185. The number of nitrogens with zero attached hydrogens (tertiary/aromatic N) is 2. The number of fused-ring (bicyclic) bond motifs is 9. The molecule has 0 fully saturated rings. The summed E-state index contributed by atoms with van der Waals surface area (Å²) in [4.78, 5) is 2.48. The molecule has 0 aliphatic heterocycles. The van der Waals surface area contributed by atoms with Crippen molar-refractivity contribution in [2.75, 3.05) is 4.90 Å². The number of rotatable bonds is 4. The molecule has 0 unspecified atom stereocenters. The van der Waals surface area contributed by atoms with E-state index in [0.29, 0.717) is 0 Å². The molecule has 49 heavy (non-hydrogen) atoms. The summed E-state index contributed by atoms with van der Waals surface area (Å²) >= 11 is 0. The maximum Gasteiger partial charge on any atom is 0.0541 e. The van der Waals surface area contributed by atoms with E-state index >= 15 is 0 Å². The summed E-state index contributed by atoms with van der Waals surface area (Å²) in [6.45, 7) is 4.86. The molecular weight excluding hydrogens is 593 g/mol. The van der Waals surface area contributed by atoms with Crippen molar-refractivity contribution in [3.05, 3.63) is 168 Å². The highest BCUT2D eigenvalue weighted by Gasteiger charge is 2.39. The smallest absolute Gasteiger partial charge is 0.0541 e. The van der Waals surface area contributed by atoms with Crippen LogP contribution in [0.3, 0.4) is 0 Å². The van der Waals surface area contributed by atoms with Crippen LogP contribution < -0.4 is 4.90 Å². The standard InChI is InChI=1S/C47H38N2/c1-47(2)40-29-33(48(32-17-4-3-5-18-32)42-26-14-16-31-15-6-7-19-34(31)42)27-28-39(40)46-38-23-9-8-22-37(38)45(30-41(46)47)49-43-24-12-10-20-35(43)36-21-11-13-25-44(36)49/h4,6-7,9-21,23-30H,3,5,8,22H2,1-2H3. The topological polar surface area (TPSA) is 8.17 Å². The van der Waals surface area contributed by atoms with E-state index in [4.69, 9.17) is 0 Å². The normalized spacial score (nSPS) is 15.8. The average Bonchev–Trinajstić information content (AvgIpc) is 3.60. The van der Waals surface area contributed by atoms with Crippen LogP contribution >= 0.6 is 0 Å². The molecule has 0 N–H and O–H groups in total. The zero-order valence-electron chi connectivity index (χ0n) is 28.1. The number of hydrogen-bond donors (Lipinski definition) is 0. The first kappa shape index (κ1) is 28.4. The molecule has 7 aromatic rings. The molecule has 10 rings (SSSR count). The largest absolute Gasteiger partial charge is 0.310 e. The van der Waals surface area contributed by atoms with Crippen molar-refractivity contribution in [1.82, 2.24) is 4.57 Å². The number of para-hydroxylation sites is 2. The lowest BCUT2D eigenvalue weighted by Gasteiger charge is -2.30. The Kier molecular flexibility index (Phi) is 6.21. The molecule has 3 aliphatic carbocycles. The lowest BCUT2D eigenvalue weighted by atomic mass is 9.80. The molecule has 2 nitrogen and oxygen atoms in total. The van der Waals surface area contributed by atoms with E-state index in [1.807, 2.05) is 0 Å². The highest BCUT2D eigenvalue weighted by atomic mass is 15.1. The van der Waals surface area contributed by atoms with Gasteiger partial charge in [0.1, 0.15) is 0 Å². The third-order valence-electron chi connectivity index (χ3n) is 11.2. The Bertz CT molecular complexity index is 2530. The maximum atomic E-state index is 2.54. The Morgan fingerprint density at radius 2 is 1.35 bits per heavy atom. The maximum absolute atomic E-state index is 2.54. The van der Waals surface area contributed by atoms with Crippen LogP contribution in [0.5, 0.6) is 0 Å². The van der Waals surface area contributed by atoms with Crippen molar-refractivity contribution in [2.24, 2.45) is 0 Å². The van der Waals surface area contributed by atoms with Crippen molar-refractivity contribution >= 4 is 50.0 Å². The molecule has 0 amide bonds. The zero-order chi connectivity index (χ0) is 32.7. The SMILES string of the molecule is CC1(C)c2cc(N(C3=CCCC=C3)c3cccc4ccccc34)ccc2-c2c1cc(-n1c3ccccc3c3ccccc31)c1c2C=CCC1. The first-order chi connectivity index (χ1) is 24.1. The lowest BCUT2D eigenvalue weighted by molar-refractivity contribution is 0.659. The highest BCUT2D eigenvalue weighted by Crippen LogP contribution is 2.54. The van der Waals surface area contributed by atoms with Crippen LogP contribution in [0.1, 0.15) is 55.4 Å². The monoisotopic (exact) mass is 630 g/mol. The fourth-order valence-corrected chi connectivity index (χ4v) is 8.92. The summed E-state index contributed by atoms with van der Waals surface area (Å²) in [5, 5.41) is 5.15. The minimum absolute atomic E-state index is 0.185. The molecule has 1 heterocycles. The van der Waals surface area contributed by atoms with Crippen LogP contribution in [0, 0.1) is 0 Å². The second-order valence-corrected chi connectivity index (χ2v) is 14.3. The van der Waals surface area contributed by atoms with Gasteiger partial charge in [-0.25, -0.2) is 0 Å². The van der Waals surface area contributed by atoms with Gasteiger partial charge in [0, 0.05) is 33.0 Å². The molecule has 0 bridgehead atoms. The third-order valence-corrected chi connectivity index (χ3v) is 11.2. The summed E-state index contributed by atoms with van der Waals surface area (Å²) < 4.78 is 2.54. The Hall–Kier alpha value is -5.60. The number of benzene rings is 6. The van der Waals surface area contributed by atoms with Gasteiger partial charge in [0.15, 0.2) is 0 Å². The molecule has 3 aliphatic rings. The van der Waals surface area contributed by atoms with Crippen molar-refractivity contribution in [3.8, 4) is 16.8 Å². The molecule has 0 atom stereocenters. The third kappa shape index (κ3) is 4.13. The summed E-state index contributed by atoms with van der Waals surface area (Å²) in [5.74, 6) is 0. The quantitative estimate of drug-likeness (QED) is 0.188. The van der Waals surface area contributed by atoms with Gasteiger partial charge in [-0.2, -0.15) is 0 Å². The van der Waals surface area contributed by atoms with Gasteiger partial charge in [0.2, 0.25) is 0 Å². The summed E-state index contributed by atoms with van der Waals surface area (Å²) in [6, 6.07) is 43.0. The van der Waals surface area contributed by atoms with Gasteiger partial charge >= 0.3 is 0 Å². The molecule has 236 valence electrons. The first-order valence-electron chi connectivity index (χ1n) is 17.7. The van der Waals surface area contributed by atoms with Gasteiger partial charge in [-0.3, -0.25) is 0 Å². The van der Waals surface area contributed by atoms with E-state index in [1.54, 1.807) is 0 Å². The first-order valence-corrected chi connectivity index (χ1v) is 17.7. The summed E-state index contributed by atoms with van der Waals surface area (Å²) in [7, 11) is 0. The number of aromatic nitrogens is 1. The molecule has 6 aromatic carbocycles. The molecule has 1 aromatic heterocycles. The fourth-order valence-electron chi connectivity index (χ4n) is 8.92. The van der Waals surface area contributed by atoms with E-state index in [0.717, 1.165) is 25.7 Å². The summed E-state index contributed by atoms with van der Waals surface area (Å²) in [6.07, 6.45) is 16.1. The Morgan fingerprint density at radius 3 is 2.12 bits per heavy atom. The lowest BCUT2D eigenvalue weighted by Crippen LogP contribution is -2.19. The van der Waals surface area contributed by atoms with Crippen molar-refractivity contribution in [1.29, 1.82) is 0 Å². The van der Waals surface area contributed by atoms with Gasteiger partial charge in [0.05, 0.1) is 22.4 Å². The molecular formula is C47H38N2. The highest BCUT2D eigenvalue weighted by molar-refractivity contribution is 6.09. The van der Waals surface area contributed by atoms with Crippen molar-refractivity contribution in [2.45, 2.75) is 44.9 Å². The molecule has 0 spiro atoms. The van der Waals surface area contributed by atoms with Crippen molar-refractivity contribution in [3.63, 3.8) is 0 Å². The van der Waals surface area contributed by atoms with Crippen LogP contribution in [-0.4, -0.2) is 4.57 Å². The Morgan fingerprint density at radius 1 is 0.633 bits per heavy atom. The molecule has 0 saturated carbocycles. The molecule has 0 radical (unpaired) electrons. The molecule has 2 heteroatoms.